The van der Waals surface area contributed by atoms with Gasteiger partial charge in [0.05, 0.1) is 19.3 Å². The molecule has 3 aromatic rings. The summed E-state index contributed by atoms with van der Waals surface area (Å²) in [6.07, 6.45) is 9.47. The maximum atomic E-state index is 5.82. The van der Waals surface area contributed by atoms with E-state index in [0.717, 1.165) is 42.5 Å². The van der Waals surface area contributed by atoms with Crippen molar-refractivity contribution in [2.75, 3.05) is 13.2 Å². The van der Waals surface area contributed by atoms with Crippen LogP contribution in [0.4, 0.5) is 0 Å². The number of imidazole rings is 2. The Morgan fingerprint density at radius 3 is 2.84 bits per heavy atom. The van der Waals surface area contributed by atoms with Gasteiger partial charge in [-0.05, 0) is 31.0 Å². The largest absolute Gasteiger partial charge is 0.379 e. The van der Waals surface area contributed by atoms with Crippen molar-refractivity contribution in [1.82, 2.24) is 24.5 Å². The van der Waals surface area contributed by atoms with Crippen molar-refractivity contribution in [2.45, 2.75) is 32.7 Å². The SMILES string of the molecule is CCc1nc(-c2nccn2[C@@H]2COC[C@H]2Cc2ccncc2)c(C)[nH]1. The summed E-state index contributed by atoms with van der Waals surface area (Å²) in [5.41, 5.74) is 3.30. The first-order chi connectivity index (χ1) is 12.3. The van der Waals surface area contributed by atoms with Gasteiger partial charge in [0.1, 0.15) is 11.5 Å². The standard InChI is InChI=1S/C19H23N5O/c1-3-17-22-13(2)18(23-17)19-21-8-9-24(19)16-12-25-11-15(16)10-14-4-6-20-7-5-14/h4-9,15-16H,3,10-12H2,1-2H3,(H,22,23)/t15-,16-/m1/s1. The molecule has 1 aliphatic rings. The van der Waals surface area contributed by atoms with Gasteiger partial charge in [0.2, 0.25) is 0 Å². The molecule has 6 heteroatoms. The zero-order chi connectivity index (χ0) is 17.2. The van der Waals surface area contributed by atoms with Crippen LogP contribution in [0.2, 0.25) is 0 Å². The summed E-state index contributed by atoms with van der Waals surface area (Å²) in [6.45, 7) is 5.64. The van der Waals surface area contributed by atoms with Crippen LogP contribution in [-0.4, -0.2) is 37.7 Å². The number of hydrogen-bond acceptors (Lipinski definition) is 4. The maximum absolute atomic E-state index is 5.82. The van der Waals surface area contributed by atoms with Crippen LogP contribution in [0.3, 0.4) is 0 Å². The minimum Gasteiger partial charge on any atom is -0.379 e. The average Bonchev–Trinajstić information content (AvgIpc) is 3.34. The number of aryl methyl sites for hydroxylation is 2. The number of H-pyrrole nitrogens is 1. The van der Waals surface area contributed by atoms with E-state index in [1.165, 1.54) is 5.56 Å². The Bertz CT molecular complexity index is 839. The Hall–Kier alpha value is -2.47. The van der Waals surface area contributed by atoms with Gasteiger partial charge in [-0.1, -0.05) is 6.92 Å². The molecule has 0 amide bonds. The van der Waals surface area contributed by atoms with Crippen molar-refractivity contribution in [3.8, 4) is 11.5 Å². The van der Waals surface area contributed by atoms with E-state index >= 15 is 0 Å². The quantitative estimate of drug-likeness (QED) is 0.777. The number of aromatic nitrogens is 5. The molecule has 2 atom stereocenters. The monoisotopic (exact) mass is 337 g/mol. The first-order valence-corrected chi connectivity index (χ1v) is 8.81. The van der Waals surface area contributed by atoms with E-state index in [0.29, 0.717) is 12.5 Å². The lowest BCUT2D eigenvalue weighted by Crippen LogP contribution is -2.20. The van der Waals surface area contributed by atoms with Gasteiger partial charge >= 0.3 is 0 Å². The van der Waals surface area contributed by atoms with Gasteiger partial charge in [0, 0.05) is 42.8 Å². The van der Waals surface area contributed by atoms with E-state index in [-0.39, 0.29) is 6.04 Å². The smallest absolute Gasteiger partial charge is 0.160 e. The van der Waals surface area contributed by atoms with Crippen molar-refractivity contribution in [3.05, 3.63) is 54.0 Å². The van der Waals surface area contributed by atoms with Crippen molar-refractivity contribution < 1.29 is 4.74 Å². The van der Waals surface area contributed by atoms with Gasteiger partial charge in [-0.2, -0.15) is 0 Å². The highest BCUT2D eigenvalue weighted by Gasteiger charge is 2.32. The molecular weight excluding hydrogens is 314 g/mol. The second-order valence-corrected chi connectivity index (χ2v) is 6.59. The highest BCUT2D eigenvalue weighted by molar-refractivity contribution is 5.54. The summed E-state index contributed by atoms with van der Waals surface area (Å²) < 4.78 is 8.06. The number of pyridine rings is 1. The fourth-order valence-electron chi connectivity index (χ4n) is 3.58. The number of nitrogens with zero attached hydrogens (tertiary/aromatic N) is 4. The molecule has 4 rings (SSSR count). The number of nitrogens with one attached hydrogen (secondary N) is 1. The lowest BCUT2D eigenvalue weighted by Gasteiger charge is -2.21. The molecule has 0 radical (unpaired) electrons. The molecule has 3 aromatic heterocycles. The third kappa shape index (κ3) is 3.09. The second kappa shape index (κ2) is 6.80. The van der Waals surface area contributed by atoms with Gasteiger partial charge < -0.3 is 14.3 Å². The molecule has 25 heavy (non-hydrogen) atoms. The summed E-state index contributed by atoms with van der Waals surface area (Å²) in [4.78, 5) is 16.8. The van der Waals surface area contributed by atoms with Gasteiger partial charge in [0.25, 0.3) is 0 Å². The lowest BCUT2D eigenvalue weighted by atomic mass is 9.95. The fraction of sp³-hybridized carbons (Fsp3) is 0.421. The molecule has 130 valence electrons. The molecule has 1 aliphatic heterocycles. The van der Waals surface area contributed by atoms with Crippen LogP contribution in [-0.2, 0) is 17.6 Å². The third-order valence-corrected chi connectivity index (χ3v) is 4.92. The van der Waals surface area contributed by atoms with E-state index < -0.39 is 0 Å². The normalized spacial score (nSPS) is 20.2. The van der Waals surface area contributed by atoms with E-state index in [1.54, 1.807) is 0 Å². The zero-order valence-corrected chi connectivity index (χ0v) is 14.6. The van der Waals surface area contributed by atoms with Crippen LogP contribution in [0.25, 0.3) is 11.5 Å². The van der Waals surface area contributed by atoms with Crippen LogP contribution in [0.15, 0.2) is 36.9 Å². The lowest BCUT2D eigenvalue weighted by molar-refractivity contribution is 0.181. The molecule has 0 saturated carbocycles. The Labute approximate surface area is 147 Å². The molecule has 0 aliphatic carbocycles. The molecule has 0 spiro atoms. The number of ether oxygens (including phenoxy) is 1. The Kier molecular flexibility index (Phi) is 4.36. The van der Waals surface area contributed by atoms with Crippen molar-refractivity contribution in [2.24, 2.45) is 5.92 Å². The minimum absolute atomic E-state index is 0.270. The number of hydrogen-bond donors (Lipinski definition) is 1. The molecule has 6 nitrogen and oxygen atoms in total. The first kappa shape index (κ1) is 16.0. The number of aromatic amines is 1. The Balaban J connectivity index is 1.63. The molecule has 1 fully saturated rings. The van der Waals surface area contributed by atoms with E-state index in [9.17, 15) is 0 Å². The highest BCUT2D eigenvalue weighted by atomic mass is 16.5. The number of rotatable bonds is 5. The van der Waals surface area contributed by atoms with Gasteiger partial charge in [0.15, 0.2) is 5.82 Å². The Morgan fingerprint density at radius 2 is 2.08 bits per heavy atom. The van der Waals surface area contributed by atoms with Crippen LogP contribution >= 0.6 is 0 Å². The summed E-state index contributed by atoms with van der Waals surface area (Å²) in [5, 5.41) is 0. The predicted molar refractivity (Wildman–Crippen MR) is 95.2 cm³/mol. The first-order valence-electron chi connectivity index (χ1n) is 8.81. The molecule has 4 heterocycles. The summed E-state index contributed by atoms with van der Waals surface area (Å²) in [5.74, 6) is 2.34. The molecule has 0 unspecified atom stereocenters. The van der Waals surface area contributed by atoms with Gasteiger partial charge in [-0.25, -0.2) is 9.97 Å². The molecule has 1 saturated heterocycles. The maximum Gasteiger partial charge on any atom is 0.160 e. The topological polar surface area (TPSA) is 68.6 Å². The van der Waals surface area contributed by atoms with E-state index in [2.05, 4.69) is 45.5 Å². The van der Waals surface area contributed by atoms with Crippen molar-refractivity contribution >= 4 is 0 Å². The predicted octanol–water partition coefficient (Wildman–Crippen LogP) is 2.97. The van der Waals surface area contributed by atoms with E-state index in [4.69, 9.17) is 9.72 Å². The van der Waals surface area contributed by atoms with Crippen LogP contribution in [0, 0.1) is 12.8 Å². The van der Waals surface area contributed by atoms with Crippen molar-refractivity contribution in [1.29, 1.82) is 0 Å². The fourth-order valence-corrected chi connectivity index (χ4v) is 3.58. The molecular formula is C19H23N5O. The van der Waals surface area contributed by atoms with E-state index in [1.807, 2.05) is 24.8 Å². The molecule has 0 bridgehead atoms. The van der Waals surface area contributed by atoms with Gasteiger partial charge in [-0.15, -0.1) is 0 Å². The summed E-state index contributed by atoms with van der Waals surface area (Å²) in [6, 6.07) is 4.43. The molecule has 1 N–H and O–H groups in total. The summed E-state index contributed by atoms with van der Waals surface area (Å²) >= 11 is 0. The molecule has 0 aromatic carbocycles. The average molecular weight is 337 g/mol. The summed E-state index contributed by atoms with van der Waals surface area (Å²) in [7, 11) is 0. The van der Waals surface area contributed by atoms with Crippen molar-refractivity contribution in [3.63, 3.8) is 0 Å². The minimum atomic E-state index is 0.270. The third-order valence-electron chi connectivity index (χ3n) is 4.92. The van der Waals surface area contributed by atoms with Crippen LogP contribution in [0.5, 0.6) is 0 Å². The van der Waals surface area contributed by atoms with Gasteiger partial charge in [-0.3, -0.25) is 4.98 Å². The zero-order valence-electron chi connectivity index (χ0n) is 14.6. The second-order valence-electron chi connectivity index (χ2n) is 6.59. The van der Waals surface area contributed by atoms with Crippen LogP contribution < -0.4 is 0 Å². The Morgan fingerprint density at radius 1 is 1.24 bits per heavy atom. The highest BCUT2D eigenvalue weighted by Crippen LogP contribution is 2.32. The van der Waals surface area contributed by atoms with Crippen LogP contribution in [0.1, 0.15) is 30.0 Å².